The van der Waals surface area contributed by atoms with E-state index >= 15 is 0 Å². The zero-order valence-corrected chi connectivity index (χ0v) is 18.9. The van der Waals surface area contributed by atoms with Crippen LogP contribution in [0.5, 0.6) is 5.75 Å². The molecule has 1 amide bonds. The third-order valence-electron chi connectivity index (χ3n) is 6.24. The van der Waals surface area contributed by atoms with Gasteiger partial charge in [0.1, 0.15) is 11.4 Å². The second-order valence-corrected chi connectivity index (χ2v) is 9.26. The Bertz CT molecular complexity index is 896. The van der Waals surface area contributed by atoms with Crippen molar-refractivity contribution in [1.29, 1.82) is 0 Å². The summed E-state index contributed by atoms with van der Waals surface area (Å²) in [6.45, 7) is 11.5. The van der Waals surface area contributed by atoms with Crippen molar-refractivity contribution in [2.24, 2.45) is 5.92 Å². The van der Waals surface area contributed by atoms with Crippen molar-refractivity contribution in [2.75, 3.05) is 45.9 Å². The lowest BCUT2D eigenvalue weighted by molar-refractivity contribution is 0.0903. The first kappa shape index (κ1) is 21.9. The number of likely N-dealkylation sites (tertiary alicyclic amines) is 1. The minimum atomic E-state index is -0.0236. The van der Waals surface area contributed by atoms with Crippen LogP contribution in [0.3, 0.4) is 0 Å². The molecule has 2 aliphatic rings. The molecule has 6 heteroatoms. The largest absolute Gasteiger partial charge is 0.493 e. The Hall–Kier alpha value is -2.31. The van der Waals surface area contributed by atoms with Gasteiger partial charge in [-0.25, -0.2) is 0 Å². The predicted molar refractivity (Wildman–Crippen MR) is 126 cm³/mol. The third-order valence-corrected chi connectivity index (χ3v) is 6.24. The standard InChI is InChI=1S/C25H36N4O2/c1-19(2)18-31-24-8-6-7-22-21(24)17-23(27-22)25(30)26-20-9-13-29(14-10-20)16-15-28-11-4-3-5-12-28/h3-4,6-8,17,19-20,27H,5,9-16,18H2,1-2H3,(H,26,30). The van der Waals surface area contributed by atoms with E-state index in [9.17, 15) is 4.79 Å². The number of rotatable bonds is 8. The first-order valence-electron chi connectivity index (χ1n) is 11.7. The number of carbonyl (C=O) groups excluding carboxylic acids is 1. The molecular weight excluding hydrogens is 388 g/mol. The number of benzene rings is 1. The van der Waals surface area contributed by atoms with Crippen LogP contribution in [0.25, 0.3) is 10.9 Å². The molecule has 4 rings (SSSR count). The van der Waals surface area contributed by atoms with E-state index in [-0.39, 0.29) is 11.9 Å². The van der Waals surface area contributed by atoms with Crippen molar-refractivity contribution in [1.82, 2.24) is 20.1 Å². The number of ether oxygens (including phenoxy) is 1. The lowest BCUT2D eigenvalue weighted by Gasteiger charge is -2.34. The van der Waals surface area contributed by atoms with Crippen LogP contribution in [0.2, 0.25) is 0 Å². The Morgan fingerprint density at radius 3 is 2.71 bits per heavy atom. The fourth-order valence-corrected chi connectivity index (χ4v) is 4.37. The molecule has 0 bridgehead atoms. The Labute approximate surface area is 185 Å². The van der Waals surface area contributed by atoms with Gasteiger partial charge in [0.25, 0.3) is 5.91 Å². The highest BCUT2D eigenvalue weighted by atomic mass is 16.5. The average molecular weight is 425 g/mol. The molecule has 1 saturated heterocycles. The monoisotopic (exact) mass is 424 g/mol. The quantitative estimate of drug-likeness (QED) is 0.635. The summed E-state index contributed by atoms with van der Waals surface area (Å²) in [5.41, 5.74) is 1.55. The summed E-state index contributed by atoms with van der Waals surface area (Å²) in [6, 6.07) is 8.08. The van der Waals surface area contributed by atoms with Gasteiger partial charge in [0.2, 0.25) is 0 Å². The minimum absolute atomic E-state index is 0.0236. The molecule has 1 aromatic carbocycles. The van der Waals surface area contributed by atoms with Crippen LogP contribution in [0.1, 0.15) is 43.6 Å². The summed E-state index contributed by atoms with van der Waals surface area (Å²) >= 11 is 0. The third kappa shape index (κ3) is 5.89. The first-order chi connectivity index (χ1) is 15.1. The number of fused-ring (bicyclic) bond motifs is 1. The highest BCUT2D eigenvalue weighted by Gasteiger charge is 2.22. The second kappa shape index (κ2) is 10.3. The van der Waals surface area contributed by atoms with Crippen LogP contribution in [-0.2, 0) is 0 Å². The molecule has 0 spiro atoms. The van der Waals surface area contributed by atoms with Crippen LogP contribution >= 0.6 is 0 Å². The van der Waals surface area contributed by atoms with Gasteiger partial charge in [-0.05, 0) is 43.4 Å². The number of aromatic amines is 1. The molecule has 2 N–H and O–H groups in total. The van der Waals surface area contributed by atoms with Gasteiger partial charge < -0.3 is 19.9 Å². The molecule has 0 radical (unpaired) electrons. The molecule has 168 valence electrons. The number of hydrogen-bond acceptors (Lipinski definition) is 4. The number of aromatic nitrogens is 1. The topological polar surface area (TPSA) is 60.6 Å². The number of nitrogens with zero attached hydrogens (tertiary/aromatic N) is 2. The molecule has 31 heavy (non-hydrogen) atoms. The molecule has 0 atom stereocenters. The summed E-state index contributed by atoms with van der Waals surface area (Å²) in [4.78, 5) is 21.2. The Balaban J connectivity index is 1.27. The highest BCUT2D eigenvalue weighted by molar-refractivity contribution is 5.99. The van der Waals surface area contributed by atoms with Crippen molar-refractivity contribution in [3.63, 3.8) is 0 Å². The van der Waals surface area contributed by atoms with Gasteiger partial charge in [-0.1, -0.05) is 32.1 Å². The van der Waals surface area contributed by atoms with Crippen LogP contribution in [0.15, 0.2) is 36.4 Å². The van der Waals surface area contributed by atoms with E-state index in [0.29, 0.717) is 18.2 Å². The van der Waals surface area contributed by atoms with E-state index in [1.54, 1.807) is 0 Å². The summed E-state index contributed by atoms with van der Waals surface area (Å²) < 4.78 is 5.94. The molecule has 0 aliphatic carbocycles. The van der Waals surface area contributed by atoms with Gasteiger partial charge in [0.15, 0.2) is 0 Å². The molecule has 0 saturated carbocycles. The summed E-state index contributed by atoms with van der Waals surface area (Å²) in [5, 5.41) is 4.20. The second-order valence-electron chi connectivity index (χ2n) is 9.26. The Morgan fingerprint density at radius 2 is 1.97 bits per heavy atom. The number of nitrogens with one attached hydrogen (secondary N) is 2. The molecule has 1 fully saturated rings. The SMILES string of the molecule is CC(C)COc1cccc2[nH]c(C(=O)NC3CCN(CCN4CC=CCC4)CC3)cc12. The maximum atomic E-state index is 12.9. The summed E-state index contributed by atoms with van der Waals surface area (Å²) in [7, 11) is 0. The van der Waals surface area contributed by atoms with E-state index in [1.165, 1.54) is 13.0 Å². The molecule has 2 aromatic rings. The maximum absolute atomic E-state index is 12.9. The molecule has 3 heterocycles. The van der Waals surface area contributed by atoms with E-state index in [4.69, 9.17) is 4.74 Å². The maximum Gasteiger partial charge on any atom is 0.267 e. The van der Waals surface area contributed by atoms with Crippen molar-refractivity contribution in [3.05, 3.63) is 42.1 Å². The van der Waals surface area contributed by atoms with Crippen LogP contribution in [-0.4, -0.2) is 72.6 Å². The fourth-order valence-electron chi connectivity index (χ4n) is 4.37. The molecule has 6 nitrogen and oxygen atoms in total. The van der Waals surface area contributed by atoms with E-state index < -0.39 is 0 Å². The molecule has 1 aromatic heterocycles. The number of amides is 1. The van der Waals surface area contributed by atoms with E-state index in [2.05, 4.69) is 46.1 Å². The fraction of sp³-hybridized carbons (Fsp3) is 0.560. The number of piperidine rings is 1. The Kier molecular flexibility index (Phi) is 7.30. The molecule has 0 unspecified atom stereocenters. The lowest BCUT2D eigenvalue weighted by atomic mass is 10.0. The van der Waals surface area contributed by atoms with Gasteiger partial charge in [-0.3, -0.25) is 9.69 Å². The van der Waals surface area contributed by atoms with Gasteiger partial charge in [0.05, 0.1) is 6.61 Å². The normalized spacial score (nSPS) is 18.7. The number of hydrogen-bond donors (Lipinski definition) is 2. The number of H-pyrrole nitrogens is 1. The smallest absolute Gasteiger partial charge is 0.267 e. The minimum Gasteiger partial charge on any atom is -0.493 e. The van der Waals surface area contributed by atoms with Crippen molar-refractivity contribution in [2.45, 2.75) is 39.2 Å². The summed E-state index contributed by atoms with van der Waals surface area (Å²) in [5.74, 6) is 1.27. The number of carbonyl (C=O) groups is 1. The van der Waals surface area contributed by atoms with Crippen molar-refractivity contribution >= 4 is 16.8 Å². The zero-order chi connectivity index (χ0) is 21.6. The highest BCUT2D eigenvalue weighted by Crippen LogP contribution is 2.27. The van der Waals surface area contributed by atoms with E-state index in [0.717, 1.165) is 62.2 Å². The van der Waals surface area contributed by atoms with E-state index in [1.807, 2.05) is 24.3 Å². The Morgan fingerprint density at radius 1 is 1.16 bits per heavy atom. The van der Waals surface area contributed by atoms with Crippen LogP contribution in [0, 0.1) is 5.92 Å². The van der Waals surface area contributed by atoms with Crippen LogP contribution < -0.4 is 10.1 Å². The molecule has 2 aliphatic heterocycles. The van der Waals surface area contributed by atoms with Gasteiger partial charge in [-0.15, -0.1) is 0 Å². The van der Waals surface area contributed by atoms with Crippen molar-refractivity contribution in [3.8, 4) is 5.75 Å². The predicted octanol–water partition coefficient (Wildman–Crippen LogP) is 3.66. The average Bonchev–Trinajstić information content (AvgIpc) is 3.23. The van der Waals surface area contributed by atoms with Crippen LogP contribution in [0.4, 0.5) is 0 Å². The lowest BCUT2D eigenvalue weighted by Crippen LogP contribution is -2.46. The zero-order valence-electron chi connectivity index (χ0n) is 18.9. The van der Waals surface area contributed by atoms with Gasteiger partial charge in [0, 0.05) is 56.2 Å². The van der Waals surface area contributed by atoms with Gasteiger partial charge >= 0.3 is 0 Å². The summed E-state index contributed by atoms with van der Waals surface area (Å²) in [6.07, 6.45) is 7.74. The molecular formula is C25H36N4O2. The first-order valence-corrected chi connectivity index (χ1v) is 11.7. The van der Waals surface area contributed by atoms with Gasteiger partial charge in [-0.2, -0.15) is 0 Å². The van der Waals surface area contributed by atoms with Crippen molar-refractivity contribution < 1.29 is 9.53 Å².